The van der Waals surface area contributed by atoms with Crippen molar-refractivity contribution in [1.29, 1.82) is 0 Å². The number of amides is 1. The van der Waals surface area contributed by atoms with Crippen molar-refractivity contribution < 1.29 is 17.9 Å². The molecule has 1 aliphatic heterocycles. The lowest BCUT2D eigenvalue weighted by Gasteiger charge is -2.31. The highest BCUT2D eigenvalue weighted by atomic mass is 32.2. The number of piperidine rings is 1. The number of nitrogens with zero attached hydrogens (tertiary/aromatic N) is 4. The van der Waals surface area contributed by atoms with Crippen molar-refractivity contribution in [2.75, 3.05) is 18.4 Å². The van der Waals surface area contributed by atoms with Crippen LogP contribution in [0.2, 0.25) is 0 Å². The van der Waals surface area contributed by atoms with Crippen LogP contribution in [0, 0.1) is 13.8 Å². The average Bonchev–Trinajstić information content (AvgIpc) is 3.02. The van der Waals surface area contributed by atoms with Gasteiger partial charge < -0.3 is 10.1 Å². The highest BCUT2D eigenvalue weighted by Crippen LogP contribution is 2.28. The summed E-state index contributed by atoms with van der Waals surface area (Å²) in [7, 11) is -3.70. The number of aryl methyl sites for hydroxylation is 2. The predicted octanol–water partition coefficient (Wildman–Crippen LogP) is 1.74. The number of carbonyl (C=O) groups excluding carboxylic acids is 1. The molecule has 1 amide bonds. The first-order chi connectivity index (χ1) is 12.7. The molecule has 0 spiro atoms. The average molecular weight is 412 g/mol. The molecule has 1 saturated heterocycles. The minimum Gasteiger partial charge on any atom is -0.459 e. The summed E-state index contributed by atoms with van der Waals surface area (Å²) in [6.45, 7) is 5.68. The van der Waals surface area contributed by atoms with E-state index in [-0.39, 0.29) is 33.9 Å². The molecule has 0 saturated carbocycles. The second-order valence-electron chi connectivity index (χ2n) is 6.34. The molecule has 1 aliphatic rings. The van der Waals surface area contributed by atoms with Gasteiger partial charge in [-0.25, -0.2) is 23.4 Å². The normalized spacial score (nSPS) is 18.3. The number of sulfonamides is 1. The molecule has 3 rings (SSSR count). The number of thiazole rings is 1. The van der Waals surface area contributed by atoms with Gasteiger partial charge in [0.05, 0.1) is 12.7 Å². The number of aromatic nitrogens is 3. The Kier molecular flexibility index (Phi) is 5.72. The lowest BCUT2D eigenvalue weighted by Crippen LogP contribution is -2.44. The predicted molar refractivity (Wildman–Crippen MR) is 100 cm³/mol. The number of carbonyl (C=O) groups is 1. The molecule has 1 unspecified atom stereocenters. The standard InChI is InChI=1S/C16H21N5O4S2/c1-10-7-11(2)19-15(18-10)25-13-5-4-6-21(9-13)27(23,24)14-8-17-16(26-14)20-12(3)22/h7-8,13H,4-6,9H2,1-3H3,(H,17,20,22). The Hall–Kier alpha value is -2.11. The minimum atomic E-state index is -3.70. The van der Waals surface area contributed by atoms with E-state index in [1.807, 2.05) is 19.9 Å². The Labute approximate surface area is 161 Å². The molecule has 1 fully saturated rings. The van der Waals surface area contributed by atoms with Crippen LogP contribution in [0.3, 0.4) is 0 Å². The van der Waals surface area contributed by atoms with Crippen LogP contribution in [0.25, 0.3) is 0 Å². The first-order valence-electron chi connectivity index (χ1n) is 8.46. The van der Waals surface area contributed by atoms with Crippen LogP contribution in [0.5, 0.6) is 6.01 Å². The molecule has 27 heavy (non-hydrogen) atoms. The van der Waals surface area contributed by atoms with Crippen LogP contribution < -0.4 is 10.1 Å². The van der Waals surface area contributed by atoms with E-state index in [9.17, 15) is 13.2 Å². The molecule has 146 valence electrons. The van der Waals surface area contributed by atoms with Gasteiger partial charge in [-0.05, 0) is 32.8 Å². The van der Waals surface area contributed by atoms with Crippen LogP contribution in [0.15, 0.2) is 16.5 Å². The van der Waals surface area contributed by atoms with Crippen molar-refractivity contribution >= 4 is 32.4 Å². The lowest BCUT2D eigenvalue weighted by atomic mass is 10.1. The van der Waals surface area contributed by atoms with Gasteiger partial charge >= 0.3 is 6.01 Å². The number of nitrogens with one attached hydrogen (secondary N) is 1. The molecule has 2 aromatic heterocycles. The van der Waals surface area contributed by atoms with Crippen molar-refractivity contribution in [3.05, 3.63) is 23.7 Å². The van der Waals surface area contributed by atoms with Crippen LogP contribution in [-0.2, 0) is 14.8 Å². The number of ether oxygens (including phenoxy) is 1. The fraction of sp³-hybridized carbons (Fsp3) is 0.500. The second kappa shape index (κ2) is 7.87. The van der Waals surface area contributed by atoms with E-state index in [1.165, 1.54) is 17.4 Å². The summed E-state index contributed by atoms with van der Waals surface area (Å²) in [5.41, 5.74) is 1.60. The van der Waals surface area contributed by atoms with Gasteiger partial charge in [-0.2, -0.15) is 4.31 Å². The summed E-state index contributed by atoms with van der Waals surface area (Å²) in [5, 5.41) is 2.76. The zero-order chi connectivity index (χ0) is 19.6. The van der Waals surface area contributed by atoms with Gasteiger partial charge in [-0.1, -0.05) is 11.3 Å². The SMILES string of the molecule is CC(=O)Nc1ncc(S(=O)(=O)N2CCCC(Oc3nc(C)cc(C)n3)C2)s1. The van der Waals surface area contributed by atoms with Gasteiger partial charge in [-0.15, -0.1) is 0 Å². The Bertz CT molecular complexity index is 924. The quantitative estimate of drug-likeness (QED) is 0.797. The zero-order valence-electron chi connectivity index (χ0n) is 15.3. The van der Waals surface area contributed by atoms with E-state index in [0.29, 0.717) is 13.0 Å². The Balaban J connectivity index is 1.72. The fourth-order valence-electron chi connectivity index (χ4n) is 2.83. The third kappa shape index (κ3) is 4.79. The molecule has 0 aromatic carbocycles. The summed E-state index contributed by atoms with van der Waals surface area (Å²) >= 11 is 0.933. The van der Waals surface area contributed by atoms with Crippen LogP contribution >= 0.6 is 11.3 Å². The smallest absolute Gasteiger partial charge is 0.317 e. The molecule has 0 aliphatic carbocycles. The number of hydrogen-bond donors (Lipinski definition) is 1. The summed E-state index contributed by atoms with van der Waals surface area (Å²) in [4.78, 5) is 23.6. The van der Waals surface area contributed by atoms with Crippen molar-refractivity contribution in [3.8, 4) is 6.01 Å². The Morgan fingerprint density at radius 1 is 1.33 bits per heavy atom. The molecular weight excluding hydrogens is 390 g/mol. The third-order valence-electron chi connectivity index (χ3n) is 3.94. The summed E-state index contributed by atoms with van der Waals surface area (Å²) in [6.07, 6.45) is 2.34. The van der Waals surface area contributed by atoms with Gasteiger partial charge in [0.1, 0.15) is 6.10 Å². The van der Waals surface area contributed by atoms with Gasteiger partial charge in [0.15, 0.2) is 9.34 Å². The zero-order valence-corrected chi connectivity index (χ0v) is 16.9. The maximum absolute atomic E-state index is 12.9. The Morgan fingerprint density at radius 3 is 2.70 bits per heavy atom. The second-order valence-corrected chi connectivity index (χ2v) is 9.54. The van der Waals surface area contributed by atoms with E-state index >= 15 is 0 Å². The first-order valence-corrected chi connectivity index (χ1v) is 10.7. The molecule has 1 N–H and O–H groups in total. The molecule has 3 heterocycles. The topological polar surface area (TPSA) is 114 Å². The molecular formula is C16H21N5O4S2. The van der Waals surface area contributed by atoms with E-state index in [0.717, 1.165) is 29.1 Å². The Morgan fingerprint density at radius 2 is 2.04 bits per heavy atom. The van der Waals surface area contributed by atoms with Gasteiger partial charge in [0, 0.05) is 24.9 Å². The van der Waals surface area contributed by atoms with E-state index in [2.05, 4.69) is 20.3 Å². The monoisotopic (exact) mass is 411 g/mol. The summed E-state index contributed by atoms with van der Waals surface area (Å²) in [5.74, 6) is -0.298. The van der Waals surface area contributed by atoms with Gasteiger partial charge in [-0.3, -0.25) is 4.79 Å². The van der Waals surface area contributed by atoms with E-state index < -0.39 is 10.0 Å². The minimum absolute atomic E-state index is 0.0922. The lowest BCUT2D eigenvalue weighted by molar-refractivity contribution is -0.114. The van der Waals surface area contributed by atoms with Crippen molar-refractivity contribution in [1.82, 2.24) is 19.3 Å². The van der Waals surface area contributed by atoms with E-state index in [4.69, 9.17) is 4.74 Å². The number of anilines is 1. The molecule has 0 radical (unpaired) electrons. The molecule has 0 bridgehead atoms. The van der Waals surface area contributed by atoms with Crippen molar-refractivity contribution in [3.63, 3.8) is 0 Å². The highest BCUT2D eigenvalue weighted by Gasteiger charge is 2.33. The largest absolute Gasteiger partial charge is 0.459 e. The van der Waals surface area contributed by atoms with Crippen molar-refractivity contribution in [2.24, 2.45) is 0 Å². The summed E-state index contributed by atoms with van der Waals surface area (Å²) < 4.78 is 33.1. The highest BCUT2D eigenvalue weighted by molar-refractivity contribution is 7.91. The molecule has 2 aromatic rings. The van der Waals surface area contributed by atoms with Crippen LogP contribution in [0.4, 0.5) is 5.13 Å². The van der Waals surface area contributed by atoms with Gasteiger partial charge in [0.25, 0.3) is 10.0 Å². The molecule has 1 atom stereocenters. The molecule has 11 heteroatoms. The summed E-state index contributed by atoms with van der Waals surface area (Å²) in [6, 6.07) is 2.11. The third-order valence-corrected chi connectivity index (χ3v) is 7.15. The molecule has 9 nitrogen and oxygen atoms in total. The van der Waals surface area contributed by atoms with Crippen LogP contribution in [0.1, 0.15) is 31.2 Å². The maximum Gasteiger partial charge on any atom is 0.317 e. The van der Waals surface area contributed by atoms with E-state index in [1.54, 1.807) is 0 Å². The number of hydrogen-bond acceptors (Lipinski definition) is 8. The number of rotatable bonds is 5. The fourth-order valence-corrected chi connectivity index (χ4v) is 5.57. The maximum atomic E-state index is 12.9. The van der Waals surface area contributed by atoms with Crippen LogP contribution in [-0.4, -0.2) is 52.8 Å². The van der Waals surface area contributed by atoms with Gasteiger partial charge in [0.2, 0.25) is 5.91 Å². The first kappa shape index (κ1) is 19.6. The van der Waals surface area contributed by atoms with Crippen molar-refractivity contribution in [2.45, 2.75) is 43.9 Å².